The van der Waals surface area contributed by atoms with Crippen LogP contribution in [0.3, 0.4) is 0 Å². The van der Waals surface area contributed by atoms with E-state index in [9.17, 15) is 9.90 Å². The first-order valence-electron chi connectivity index (χ1n) is 11.5. The Morgan fingerprint density at radius 3 is 2.55 bits per heavy atom. The summed E-state index contributed by atoms with van der Waals surface area (Å²) in [7, 11) is 1.60. The molecule has 1 unspecified atom stereocenters. The Labute approximate surface area is 200 Å². The highest BCUT2D eigenvalue weighted by molar-refractivity contribution is 6.33. The number of hydrogen-bond acceptors (Lipinski definition) is 6. The minimum Gasteiger partial charge on any atom is -0.497 e. The van der Waals surface area contributed by atoms with Gasteiger partial charge in [-0.3, -0.25) is 0 Å². The molecule has 3 rings (SSSR count). The van der Waals surface area contributed by atoms with Crippen molar-refractivity contribution < 1.29 is 19.4 Å². The van der Waals surface area contributed by atoms with Crippen molar-refractivity contribution in [3.8, 4) is 17.0 Å². The van der Waals surface area contributed by atoms with E-state index in [1.54, 1.807) is 13.2 Å². The summed E-state index contributed by atoms with van der Waals surface area (Å²) in [6.07, 6.45) is 0.980. The number of ether oxygens (including phenoxy) is 2. The molecule has 0 aliphatic carbocycles. The molecule has 3 atom stereocenters. The first-order valence-corrected chi connectivity index (χ1v) is 11.8. The second-order valence-electron chi connectivity index (χ2n) is 8.12. The van der Waals surface area contributed by atoms with E-state index in [2.05, 4.69) is 5.32 Å². The fourth-order valence-corrected chi connectivity index (χ4v) is 4.43. The summed E-state index contributed by atoms with van der Waals surface area (Å²) in [4.78, 5) is 23.0. The molecule has 2 N–H and O–H groups in total. The quantitative estimate of drug-likeness (QED) is 0.531. The second kappa shape index (κ2) is 11.0. The number of nitrogens with one attached hydrogen (secondary N) is 1. The normalized spacial score (nSPS) is 20.2. The van der Waals surface area contributed by atoms with E-state index in [0.717, 1.165) is 29.1 Å². The molecule has 8 nitrogen and oxygen atoms in total. The summed E-state index contributed by atoms with van der Waals surface area (Å²) < 4.78 is 11.3. The van der Waals surface area contributed by atoms with Gasteiger partial charge in [0, 0.05) is 12.2 Å². The maximum atomic E-state index is 11.7. The van der Waals surface area contributed by atoms with Crippen LogP contribution >= 0.6 is 11.6 Å². The first-order chi connectivity index (χ1) is 15.8. The number of halogens is 1. The molecule has 0 radical (unpaired) electrons. The number of likely N-dealkylation sites (tertiary alicyclic amines) is 1. The molecule has 180 valence electrons. The van der Waals surface area contributed by atoms with Gasteiger partial charge in [-0.1, -0.05) is 32.4 Å². The van der Waals surface area contributed by atoms with Crippen molar-refractivity contribution >= 4 is 23.5 Å². The van der Waals surface area contributed by atoms with Gasteiger partial charge >= 0.3 is 6.09 Å². The number of carbonyl (C=O) groups is 1. The number of hydrogen-bond donors (Lipinski definition) is 2. The number of methoxy groups -OCH3 is 1. The zero-order valence-corrected chi connectivity index (χ0v) is 20.6. The van der Waals surface area contributed by atoms with Crippen LogP contribution in [0.4, 0.5) is 10.6 Å². The fraction of sp³-hybridized carbons (Fsp3) is 0.542. The molecule has 1 aromatic heterocycles. The van der Waals surface area contributed by atoms with E-state index >= 15 is 0 Å². The summed E-state index contributed by atoms with van der Waals surface area (Å²) >= 11 is 6.54. The van der Waals surface area contributed by atoms with Crippen molar-refractivity contribution in [3.63, 3.8) is 0 Å². The van der Waals surface area contributed by atoms with Crippen LogP contribution in [0, 0.1) is 0 Å². The fourth-order valence-electron chi connectivity index (χ4n) is 4.17. The third-order valence-corrected chi connectivity index (χ3v) is 6.33. The highest BCUT2D eigenvalue weighted by Crippen LogP contribution is 2.34. The van der Waals surface area contributed by atoms with Crippen molar-refractivity contribution in [2.45, 2.75) is 65.1 Å². The van der Waals surface area contributed by atoms with E-state index in [-0.39, 0.29) is 18.2 Å². The van der Waals surface area contributed by atoms with Gasteiger partial charge in [0.05, 0.1) is 53.9 Å². The lowest BCUT2D eigenvalue weighted by atomic mass is 10.1. The van der Waals surface area contributed by atoms with Gasteiger partial charge < -0.3 is 24.8 Å². The van der Waals surface area contributed by atoms with Crippen LogP contribution in [0.15, 0.2) is 18.2 Å². The summed E-state index contributed by atoms with van der Waals surface area (Å²) in [6, 6.07) is 5.03. The molecule has 0 spiro atoms. The van der Waals surface area contributed by atoms with E-state index < -0.39 is 6.09 Å². The molecule has 2 aromatic rings. The number of carboxylic acid groups (broad SMARTS) is 1. The molecule has 1 aromatic carbocycles. The van der Waals surface area contributed by atoms with Crippen LogP contribution in [0.2, 0.25) is 5.02 Å². The van der Waals surface area contributed by atoms with Crippen LogP contribution in [0.5, 0.6) is 5.75 Å². The monoisotopic (exact) mass is 476 g/mol. The maximum Gasteiger partial charge on any atom is 0.407 e. The Hall–Kier alpha value is -2.58. The van der Waals surface area contributed by atoms with Gasteiger partial charge in [0.1, 0.15) is 11.6 Å². The zero-order valence-electron chi connectivity index (χ0n) is 19.9. The van der Waals surface area contributed by atoms with Gasteiger partial charge in [-0.15, -0.1) is 0 Å². The largest absolute Gasteiger partial charge is 0.497 e. The minimum absolute atomic E-state index is 0.229. The van der Waals surface area contributed by atoms with Gasteiger partial charge in [-0.2, -0.15) is 0 Å². The number of anilines is 1. The molecule has 2 heterocycles. The van der Waals surface area contributed by atoms with E-state index in [1.807, 2.05) is 39.8 Å². The maximum absolute atomic E-state index is 11.7. The van der Waals surface area contributed by atoms with Crippen LogP contribution in [0.1, 0.15) is 45.5 Å². The van der Waals surface area contributed by atoms with Crippen LogP contribution < -0.4 is 10.1 Å². The number of amides is 1. The van der Waals surface area contributed by atoms with Gasteiger partial charge in [-0.25, -0.2) is 14.8 Å². The molecule has 1 aliphatic heterocycles. The molecule has 1 saturated heterocycles. The Morgan fingerprint density at radius 2 is 1.97 bits per heavy atom. The van der Waals surface area contributed by atoms with Crippen LogP contribution in [-0.4, -0.2) is 64.5 Å². The highest BCUT2D eigenvalue weighted by Gasteiger charge is 2.42. The lowest BCUT2D eigenvalue weighted by molar-refractivity contribution is 0.0539. The summed E-state index contributed by atoms with van der Waals surface area (Å²) in [5.41, 5.74) is 3.16. The summed E-state index contributed by atoms with van der Waals surface area (Å²) in [6.45, 7) is 8.87. The molecular formula is C24H33ClN4O4. The van der Waals surface area contributed by atoms with Crippen molar-refractivity contribution in [2.75, 3.05) is 25.6 Å². The number of rotatable bonds is 9. The summed E-state index contributed by atoms with van der Waals surface area (Å²) in [5, 5.41) is 13.6. The lowest BCUT2D eigenvalue weighted by Crippen LogP contribution is -2.41. The third kappa shape index (κ3) is 5.33. The van der Waals surface area contributed by atoms with E-state index in [4.69, 9.17) is 31.0 Å². The van der Waals surface area contributed by atoms with E-state index in [1.165, 1.54) is 4.90 Å². The van der Waals surface area contributed by atoms with Gasteiger partial charge in [0.2, 0.25) is 0 Å². The van der Waals surface area contributed by atoms with Gasteiger partial charge in [0.25, 0.3) is 0 Å². The van der Waals surface area contributed by atoms with E-state index in [0.29, 0.717) is 42.6 Å². The lowest BCUT2D eigenvalue weighted by Gasteiger charge is -2.26. The molecule has 33 heavy (non-hydrogen) atoms. The second-order valence-corrected chi connectivity index (χ2v) is 8.53. The Bertz CT molecular complexity index is 987. The van der Waals surface area contributed by atoms with Gasteiger partial charge in [0.15, 0.2) is 0 Å². The average molecular weight is 477 g/mol. The first kappa shape index (κ1) is 25.1. The van der Waals surface area contributed by atoms with Crippen molar-refractivity contribution in [2.24, 2.45) is 0 Å². The predicted octanol–water partition coefficient (Wildman–Crippen LogP) is 4.89. The van der Waals surface area contributed by atoms with Crippen molar-refractivity contribution in [1.82, 2.24) is 14.9 Å². The molecule has 0 bridgehead atoms. The molecule has 9 heteroatoms. The Balaban J connectivity index is 1.98. The minimum atomic E-state index is -0.947. The Kier molecular flexibility index (Phi) is 8.37. The zero-order chi connectivity index (χ0) is 24.1. The number of benzene rings is 1. The molecule has 0 saturated carbocycles. The molecular weight excluding hydrogens is 444 g/mol. The molecule has 1 amide bonds. The third-order valence-electron chi connectivity index (χ3n) is 6.02. The molecule has 1 aliphatic rings. The number of nitrogens with zero attached hydrogens (tertiary/aromatic N) is 3. The standard InChI is InChI=1S/C24H33ClN4O4/c1-6-11-33-20-13-29(24(30)31)14(4)21(20)28-23-19(8-3)26-22(18(7-2)27-23)16-10-9-15(32-5)12-17(16)25/h9-10,12,14,20-21H,6-8,11,13H2,1-5H3,(H,27,28)(H,30,31)/t14?,20-,21+/m0/s1. The number of aryl methyl sites for hydroxylation is 2. The average Bonchev–Trinajstić information content (AvgIpc) is 3.12. The van der Waals surface area contributed by atoms with Crippen molar-refractivity contribution in [3.05, 3.63) is 34.6 Å². The SMILES string of the molecule is CCCO[C@H]1CN(C(=O)O)C(C)[C@H]1Nc1nc(CC)c(-c2ccc(OC)cc2Cl)nc1CC. The smallest absolute Gasteiger partial charge is 0.407 e. The highest BCUT2D eigenvalue weighted by atomic mass is 35.5. The topological polar surface area (TPSA) is 96.8 Å². The predicted molar refractivity (Wildman–Crippen MR) is 129 cm³/mol. The summed E-state index contributed by atoms with van der Waals surface area (Å²) in [5.74, 6) is 1.34. The van der Waals surface area contributed by atoms with Crippen LogP contribution in [-0.2, 0) is 17.6 Å². The van der Waals surface area contributed by atoms with Gasteiger partial charge in [-0.05, 0) is 44.4 Å². The molecule has 1 fully saturated rings. The van der Waals surface area contributed by atoms with Crippen molar-refractivity contribution in [1.29, 1.82) is 0 Å². The Morgan fingerprint density at radius 1 is 1.24 bits per heavy atom. The van der Waals surface area contributed by atoms with Crippen LogP contribution in [0.25, 0.3) is 11.3 Å². The number of aromatic nitrogens is 2.